The van der Waals surface area contributed by atoms with E-state index < -0.39 is 5.91 Å². The fraction of sp³-hybridized carbons (Fsp3) is 0.154. The highest BCUT2D eigenvalue weighted by atomic mass is 79.9. The van der Waals surface area contributed by atoms with Gasteiger partial charge in [0.05, 0.1) is 18.2 Å². The molecule has 0 aliphatic carbocycles. The molecule has 6 nitrogen and oxygen atoms in total. The second-order valence-electron chi connectivity index (χ2n) is 6.89. The summed E-state index contributed by atoms with van der Waals surface area (Å²) in [4.78, 5) is 12.7. The first-order valence-electron chi connectivity index (χ1n) is 10.2. The number of hydrogen-bond acceptors (Lipinski definition) is 5. The normalized spacial score (nSPS) is 10.8. The van der Waals surface area contributed by atoms with Gasteiger partial charge in [0.15, 0.2) is 11.5 Å². The van der Waals surface area contributed by atoms with Crippen molar-refractivity contribution in [3.63, 3.8) is 0 Å². The highest BCUT2D eigenvalue weighted by Crippen LogP contribution is 2.38. The van der Waals surface area contributed by atoms with E-state index >= 15 is 0 Å². The first kappa shape index (κ1) is 23.9. The number of ether oxygens (including phenoxy) is 3. The van der Waals surface area contributed by atoms with E-state index in [2.05, 4.69) is 21.2 Å². The molecule has 0 aromatic heterocycles. The molecule has 0 fully saturated rings. The Hall–Kier alpha value is -3.76. The number of carbonyl (C=O) groups is 1. The Morgan fingerprint density at radius 2 is 1.88 bits per heavy atom. The number of benzene rings is 3. The van der Waals surface area contributed by atoms with E-state index in [9.17, 15) is 10.1 Å². The number of amides is 1. The van der Waals surface area contributed by atoms with E-state index in [4.69, 9.17) is 14.2 Å². The zero-order valence-electron chi connectivity index (χ0n) is 18.3. The first-order chi connectivity index (χ1) is 16.0. The summed E-state index contributed by atoms with van der Waals surface area (Å²) in [7, 11) is 1.54. The van der Waals surface area contributed by atoms with Crippen molar-refractivity contribution in [1.29, 1.82) is 5.26 Å². The van der Waals surface area contributed by atoms with Gasteiger partial charge >= 0.3 is 0 Å². The van der Waals surface area contributed by atoms with Crippen LogP contribution in [0.5, 0.6) is 17.2 Å². The Kier molecular flexibility index (Phi) is 8.50. The van der Waals surface area contributed by atoms with Crippen molar-refractivity contribution in [1.82, 2.24) is 0 Å². The fourth-order valence-electron chi connectivity index (χ4n) is 3.02. The van der Waals surface area contributed by atoms with Crippen molar-refractivity contribution in [3.05, 3.63) is 87.9 Å². The predicted molar refractivity (Wildman–Crippen MR) is 131 cm³/mol. The van der Waals surface area contributed by atoms with Crippen molar-refractivity contribution in [2.45, 2.75) is 13.5 Å². The largest absolute Gasteiger partial charge is 0.497 e. The highest BCUT2D eigenvalue weighted by molar-refractivity contribution is 9.10. The number of nitrogens with one attached hydrogen (secondary N) is 1. The van der Waals surface area contributed by atoms with Crippen molar-refractivity contribution in [2.24, 2.45) is 0 Å². The smallest absolute Gasteiger partial charge is 0.266 e. The van der Waals surface area contributed by atoms with Crippen LogP contribution in [0.15, 0.2) is 76.8 Å². The van der Waals surface area contributed by atoms with Gasteiger partial charge in [-0.2, -0.15) is 5.26 Å². The number of nitrogens with zero attached hydrogens (tertiary/aromatic N) is 1. The molecule has 3 rings (SSSR count). The summed E-state index contributed by atoms with van der Waals surface area (Å²) in [6.07, 6.45) is 1.50. The van der Waals surface area contributed by atoms with Gasteiger partial charge in [0, 0.05) is 11.8 Å². The second-order valence-corrected chi connectivity index (χ2v) is 7.75. The zero-order chi connectivity index (χ0) is 23.6. The Morgan fingerprint density at radius 1 is 1.09 bits per heavy atom. The van der Waals surface area contributed by atoms with Gasteiger partial charge in [0.1, 0.15) is 24.0 Å². The van der Waals surface area contributed by atoms with Gasteiger partial charge < -0.3 is 19.5 Å². The van der Waals surface area contributed by atoms with Gasteiger partial charge in [-0.25, -0.2) is 0 Å². The maximum atomic E-state index is 12.7. The minimum absolute atomic E-state index is 0.0508. The number of methoxy groups -OCH3 is 1. The Balaban J connectivity index is 1.84. The van der Waals surface area contributed by atoms with E-state index in [-0.39, 0.29) is 5.57 Å². The second kappa shape index (κ2) is 11.7. The molecule has 33 heavy (non-hydrogen) atoms. The third kappa shape index (κ3) is 6.61. The third-order valence-corrected chi connectivity index (χ3v) is 5.15. The molecule has 0 unspecified atom stereocenters. The van der Waals surface area contributed by atoms with Crippen LogP contribution in [0.3, 0.4) is 0 Å². The minimum atomic E-state index is -0.524. The van der Waals surface area contributed by atoms with Gasteiger partial charge in [0.2, 0.25) is 0 Å². The molecule has 0 radical (unpaired) electrons. The molecule has 0 heterocycles. The van der Waals surface area contributed by atoms with Gasteiger partial charge in [-0.3, -0.25) is 4.79 Å². The van der Waals surface area contributed by atoms with Crippen LogP contribution in [0.25, 0.3) is 6.08 Å². The summed E-state index contributed by atoms with van der Waals surface area (Å²) in [6.45, 7) is 2.68. The van der Waals surface area contributed by atoms with Crippen LogP contribution in [0, 0.1) is 11.3 Å². The van der Waals surface area contributed by atoms with E-state index in [0.717, 1.165) is 5.56 Å². The molecule has 1 N–H and O–H groups in total. The van der Waals surface area contributed by atoms with Crippen LogP contribution in [0.4, 0.5) is 5.69 Å². The maximum Gasteiger partial charge on any atom is 0.266 e. The standard InChI is InChI=1S/C26H23BrN2O4/c1-3-32-24-14-19(13-23(27)25(24)33-17-18-8-5-4-6-9-18)12-20(16-28)26(30)29-21-10-7-11-22(15-21)31-2/h4-15H,3,17H2,1-2H3,(H,29,30)/b20-12+. The lowest BCUT2D eigenvalue weighted by Gasteiger charge is -2.15. The van der Waals surface area contributed by atoms with Crippen molar-refractivity contribution in [2.75, 3.05) is 19.0 Å². The summed E-state index contributed by atoms with van der Waals surface area (Å²) in [5.41, 5.74) is 2.12. The fourth-order valence-corrected chi connectivity index (χ4v) is 3.59. The molecule has 7 heteroatoms. The molecule has 1 amide bonds. The third-order valence-electron chi connectivity index (χ3n) is 4.56. The molecule has 0 bridgehead atoms. The van der Waals surface area contributed by atoms with Crippen LogP contribution in [0.2, 0.25) is 0 Å². The summed E-state index contributed by atoms with van der Waals surface area (Å²) >= 11 is 3.53. The van der Waals surface area contributed by atoms with Crippen LogP contribution in [-0.4, -0.2) is 19.6 Å². The Morgan fingerprint density at radius 3 is 2.58 bits per heavy atom. The van der Waals surface area contributed by atoms with Gasteiger partial charge in [-0.05, 0) is 64.3 Å². The zero-order valence-corrected chi connectivity index (χ0v) is 19.9. The van der Waals surface area contributed by atoms with E-state index in [0.29, 0.717) is 46.2 Å². The number of carbonyl (C=O) groups excluding carboxylic acids is 1. The molecule has 0 saturated heterocycles. The first-order valence-corrected chi connectivity index (χ1v) is 11.0. The quantitative estimate of drug-likeness (QED) is 0.285. The molecule has 0 aliphatic heterocycles. The van der Waals surface area contributed by atoms with E-state index in [1.165, 1.54) is 6.08 Å². The average molecular weight is 507 g/mol. The SMILES string of the molecule is CCOc1cc(/C=C(\C#N)C(=O)Nc2cccc(OC)c2)cc(Br)c1OCc1ccccc1. The molecule has 0 saturated carbocycles. The Bertz CT molecular complexity index is 1190. The lowest BCUT2D eigenvalue weighted by molar-refractivity contribution is -0.112. The van der Waals surface area contributed by atoms with Crippen molar-refractivity contribution < 1.29 is 19.0 Å². The topological polar surface area (TPSA) is 80.6 Å². The Labute approximate surface area is 201 Å². The van der Waals surface area contributed by atoms with Crippen LogP contribution < -0.4 is 19.5 Å². The van der Waals surface area contributed by atoms with Crippen LogP contribution in [0.1, 0.15) is 18.1 Å². The minimum Gasteiger partial charge on any atom is -0.497 e. The van der Waals surface area contributed by atoms with Gasteiger partial charge in [0.25, 0.3) is 5.91 Å². The molecule has 0 spiro atoms. The lowest BCUT2D eigenvalue weighted by Crippen LogP contribution is -2.13. The average Bonchev–Trinajstić information content (AvgIpc) is 2.83. The number of nitriles is 1. The maximum absolute atomic E-state index is 12.7. The number of anilines is 1. The molecular formula is C26H23BrN2O4. The monoisotopic (exact) mass is 506 g/mol. The predicted octanol–water partition coefficient (Wildman–Crippen LogP) is 5.98. The van der Waals surface area contributed by atoms with E-state index in [1.807, 2.05) is 43.3 Å². The van der Waals surface area contributed by atoms with Crippen LogP contribution in [-0.2, 0) is 11.4 Å². The van der Waals surface area contributed by atoms with Crippen molar-refractivity contribution in [3.8, 4) is 23.3 Å². The summed E-state index contributed by atoms with van der Waals surface area (Å²) in [5, 5.41) is 12.3. The van der Waals surface area contributed by atoms with Gasteiger partial charge in [-0.15, -0.1) is 0 Å². The molecular weight excluding hydrogens is 484 g/mol. The summed E-state index contributed by atoms with van der Waals surface area (Å²) < 4.78 is 17.6. The number of rotatable bonds is 9. The molecule has 3 aromatic rings. The lowest BCUT2D eigenvalue weighted by atomic mass is 10.1. The van der Waals surface area contributed by atoms with Gasteiger partial charge in [-0.1, -0.05) is 36.4 Å². The molecule has 168 valence electrons. The van der Waals surface area contributed by atoms with Crippen molar-refractivity contribution >= 4 is 33.6 Å². The van der Waals surface area contributed by atoms with Crippen LogP contribution >= 0.6 is 15.9 Å². The summed E-state index contributed by atoms with van der Waals surface area (Å²) in [6, 6.07) is 22.2. The number of hydrogen-bond donors (Lipinski definition) is 1. The van der Waals surface area contributed by atoms with E-state index in [1.54, 1.807) is 43.5 Å². The molecule has 0 atom stereocenters. The molecule has 0 aliphatic rings. The molecule has 3 aromatic carbocycles. The summed E-state index contributed by atoms with van der Waals surface area (Å²) in [5.74, 6) is 1.15. The highest BCUT2D eigenvalue weighted by Gasteiger charge is 2.15. The number of halogens is 1.